The summed E-state index contributed by atoms with van der Waals surface area (Å²) in [6, 6.07) is 6.26. The lowest BCUT2D eigenvalue weighted by molar-refractivity contribution is -0.697. The van der Waals surface area contributed by atoms with Crippen LogP contribution in [0.1, 0.15) is 58.8 Å². The van der Waals surface area contributed by atoms with E-state index in [-0.39, 0.29) is 0 Å². The highest BCUT2D eigenvalue weighted by Gasteiger charge is 2.82. The average molecular weight is 536 g/mol. The van der Waals surface area contributed by atoms with Gasteiger partial charge in [-0.05, 0) is 18.6 Å². The van der Waals surface area contributed by atoms with E-state index in [1.807, 2.05) is 0 Å². The molecule has 0 bridgehead atoms. The number of alkyl halides is 5. The number of rotatable bonds is 8. The summed E-state index contributed by atoms with van der Waals surface area (Å²) in [5, 5.41) is -0.997. The number of fused-ring (bicyclic) bond motifs is 1. The van der Waals surface area contributed by atoms with Crippen LogP contribution < -0.4 is 4.57 Å². The fraction of sp³-hybridized carbons (Fsp3) is 0.609. The van der Waals surface area contributed by atoms with E-state index in [0.29, 0.717) is 12.2 Å². The highest BCUT2D eigenvalue weighted by Crippen LogP contribution is 2.61. The fourth-order valence-corrected chi connectivity index (χ4v) is 3.79. The summed E-state index contributed by atoms with van der Waals surface area (Å²) in [6.07, 6.45) is 10.7. The first kappa shape index (κ1) is 31.8. The van der Waals surface area contributed by atoms with Gasteiger partial charge in [-0.2, -0.15) is 13.9 Å². The van der Waals surface area contributed by atoms with Crippen molar-refractivity contribution in [3.05, 3.63) is 54.5 Å². The minimum atomic E-state index is -6.00. The number of aromatic nitrogens is 1. The highest BCUT2D eigenvalue weighted by molar-refractivity contribution is 6.50. The summed E-state index contributed by atoms with van der Waals surface area (Å²) in [7, 11) is -6.00. The lowest BCUT2D eigenvalue weighted by Crippen LogP contribution is -2.57. The van der Waals surface area contributed by atoms with Gasteiger partial charge >= 0.3 is 13.2 Å². The van der Waals surface area contributed by atoms with E-state index in [4.69, 9.17) is 0 Å². The van der Waals surface area contributed by atoms with Crippen molar-refractivity contribution in [2.75, 3.05) is 0 Å². The zero-order chi connectivity index (χ0) is 27.6. The molecule has 2 aliphatic rings. The molecule has 0 saturated carbocycles. The third kappa shape index (κ3) is 7.65. The molecule has 2 nitrogen and oxygen atoms in total. The molecule has 0 aromatic carbocycles. The monoisotopic (exact) mass is 536 g/mol. The molecule has 36 heavy (non-hydrogen) atoms. The van der Waals surface area contributed by atoms with Crippen molar-refractivity contribution in [3.8, 4) is 0 Å². The normalized spacial score (nSPS) is 26.3. The third-order valence-electron chi connectivity index (χ3n) is 5.76. The van der Waals surface area contributed by atoms with Crippen LogP contribution in [0.4, 0.5) is 43.7 Å². The Morgan fingerprint density at radius 1 is 0.889 bits per heavy atom. The highest BCUT2D eigenvalue weighted by atomic mass is 19.5. The molecular formula is C23H31BF10N2. The molecule has 3 atom stereocenters. The van der Waals surface area contributed by atoms with Crippen LogP contribution in [0.5, 0.6) is 0 Å². The number of allylic oxidation sites excluding steroid dienone is 4. The van der Waals surface area contributed by atoms with Crippen molar-refractivity contribution < 1.29 is 48.3 Å². The molecule has 0 amide bonds. The smallest absolute Gasteiger partial charge is 0.418 e. The third-order valence-corrected chi connectivity index (χ3v) is 5.76. The van der Waals surface area contributed by atoms with E-state index in [1.54, 1.807) is 0 Å². The summed E-state index contributed by atoms with van der Waals surface area (Å²) < 4.78 is 123. The molecular weight excluding hydrogens is 505 g/mol. The Balaban J connectivity index is 0.000000308. The molecule has 1 aromatic heterocycles. The summed E-state index contributed by atoms with van der Waals surface area (Å²) in [5.41, 5.74) is -5.32. The number of hydrogen-bond acceptors (Lipinski definition) is 1. The standard InChI is InChI=1S/C13H22N.C10H9F6N.BF4/c1-2-3-4-5-6-8-11-14-12-9-7-10-13-14;1-2-8(12)10(14,15)9(13)6(11)4-3-5-7(9)17(8)16;2-1(3,4)5/h7,9-10,12-13H,2-6,8,11H2,1H3;3-6H,2H2,1H3;/q+1;;-1. The van der Waals surface area contributed by atoms with Gasteiger partial charge in [-0.3, -0.25) is 0 Å². The first-order valence-electron chi connectivity index (χ1n) is 11.7. The maximum absolute atomic E-state index is 14.1. The van der Waals surface area contributed by atoms with Crippen molar-refractivity contribution in [3.63, 3.8) is 0 Å². The Hall–Kier alpha value is -2.21. The number of halogens is 10. The van der Waals surface area contributed by atoms with Crippen LogP contribution in [0, 0.1) is 0 Å². The molecule has 2 heterocycles. The zero-order valence-corrected chi connectivity index (χ0v) is 20.1. The van der Waals surface area contributed by atoms with Crippen LogP contribution >= 0.6 is 0 Å². The molecule has 1 aromatic rings. The maximum atomic E-state index is 14.1. The van der Waals surface area contributed by atoms with Crippen molar-refractivity contribution in [2.24, 2.45) is 0 Å². The lowest BCUT2D eigenvalue weighted by Gasteiger charge is -2.32. The van der Waals surface area contributed by atoms with Gasteiger partial charge in [-0.1, -0.05) is 56.2 Å². The number of unbranched alkanes of at least 4 members (excludes halogenated alkanes) is 5. The molecule has 1 aliphatic heterocycles. The van der Waals surface area contributed by atoms with E-state index < -0.39 is 48.0 Å². The van der Waals surface area contributed by atoms with Crippen molar-refractivity contribution >= 4 is 7.25 Å². The molecule has 206 valence electrons. The van der Waals surface area contributed by atoms with Crippen molar-refractivity contribution in [2.45, 2.75) is 88.9 Å². The molecule has 0 spiro atoms. The Bertz CT molecular complexity index is 843. The lowest BCUT2D eigenvalue weighted by atomic mass is 9.85. The largest absolute Gasteiger partial charge is 0.673 e. The SMILES string of the molecule is CCC1(F)N(F)C2=CC=CC(F)C2(F)C1(F)F.CCCCCCCC[n+]1ccccc1.F[B-](F)(F)F. The van der Waals surface area contributed by atoms with E-state index in [1.165, 1.54) is 45.1 Å². The Morgan fingerprint density at radius 3 is 1.92 bits per heavy atom. The van der Waals surface area contributed by atoms with E-state index in [0.717, 1.165) is 13.0 Å². The Kier molecular flexibility index (Phi) is 11.8. The van der Waals surface area contributed by atoms with Gasteiger partial charge in [0.2, 0.25) is 0 Å². The van der Waals surface area contributed by atoms with Gasteiger partial charge < -0.3 is 17.3 Å². The number of nitrogens with zero attached hydrogens (tertiary/aromatic N) is 2. The Morgan fingerprint density at radius 2 is 1.42 bits per heavy atom. The summed E-state index contributed by atoms with van der Waals surface area (Å²) in [6.45, 7) is 4.37. The van der Waals surface area contributed by atoms with Gasteiger partial charge in [0.1, 0.15) is 6.54 Å². The second-order valence-electron chi connectivity index (χ2n) is 8.39. The first-order chi connectivity index (χ1) is 16.7. The molecule has 1 saturated heterocycles. The zero-order valence-electron chi connectivity index (χ0n) is 20.1. The van der Waals surface area contributed by atoms with Crippen LogP contribution in [0.25, 0.3) is 0 Å². The van der Waals surface area contributed by atoms with Crippen LogP contribution in [-0.2, 0) is 6.54 Å². The summed E-state index contributed by atoms with van der Waals surface area (Å²) in [4.78, 5) is 0. The molecule has 0 N–H and O–H groups in total. The summed E-state index contributed by atoms with van der Waals surface area (Å²) in [5.74, 6) is -8.68. The van der Waals surface area contributed by atoms with Gasteiger partial charge in [0.25, 0.3) is 11.5 Å². The van der Waals surface area contributed by atoms with Gasteiger partial charge in [-0.25, -0.2) is 17.7 Å². The molecule has 1 aliphatic carbocycles. The topological polar surface area (TPSA) is 7.12 Å². The van der Waals surface area contributed by atoms with Crippen molar-refractivity contribution in [1.82, 2.24) is 5.12 Å². The van der Waals surface area contributed by atoms with Gasteiger partial charge in [-0.15, -0.1) is 0 Å². The number of pyridine rings is 1. The minimum Gasteiger partial charge on any atom is -0.418 e. The Labute approximate surface area is 204 Å². The quantitative estimate of drug-likeness (QED) is 0.0815. The van der Waals surface area contributed by atoms with Crippen LogP contribution in [0.2, 0.25) is 0 Å². The molecule has 13 heteroatoms. The van der Waals surface area contributed by atoms with Crippen LogP contribution in [0.15, 0.2) is 54.5 Å². The predicted molar refractivity (Wildman–Crippen MR) is 118 cm³/mol. The van der Waals surface area contributed by atoms with Gasteiger partial charge in [0, 0.05) is 25.0 Å². The number of hydrogen-bond donors (Lipinski definition) is 0. The van der Waals surface area contributed by atoms with Crippen molar-refractivity contribution in [1.29, 1.82) is 0 Å². The van der Waals surface area contributed by atoms with Crippen LogP contribution in [0.3, 0.4) is 0 Å². The van der Waals surface area contributed by atoms with Crippen LogP contribution in [-0.4, -0.2) is 35.9 Å². The molecule has 3 unspecified atom stereocenters. The first-order valence-corrected chi connectivity index (χ1v) is 11.7. The number of aryl methyl sites for hydroxylation is 1. The second kappa shape index (κ2) is 13.4. The van der Waals surface area contributed by atoms with Gasteiger partial charge in [0.05, 0.1) is 5.70 Å². The van der Waals surface area contributed by atoms with E-state index in [2.05, 4.69) is 42.1 Å². The van der Waals surface area contributed by atoms with Gasteiger partial charge in [0.15, 0.2) is 18.6 Å². The maximum Gasteiger partial charge on any atom is 0.673 e. The summed E-state index contributed by atoms with van der Waals surface area (Å²) >= 11 is 0. The minimum absolute atomic E-state index is 0.507. The van der Waals surface area contributed by atoms with E-state index >= 15 is 0 Å². The van der Waals surface area contributed by atoms with E-state index in [9.17, 15) is 43.7 Å². The fourth-order valence-electron chi connectivity index (χ4n) is 3.79. The molecule has 1 fully saturated rings. The second-order valence-corrected chi connectivity index (χ2v) is 8.39. The average Bonchev–Trinajstić information content (AvgIpc) is 2.93. The molecule has 0 radical (unpaired) electrons. The predicted octanol–water partition coefficient (Wildman–Crippen LogP) is 8.03. The molecule has 3 rings (SSSR count).